The Morgan fingerprint density at radius 2 is 1.44 bits per heavy atom. The van der Waals surface area contributed by atoms with Crippen molar-refractivity contribution in [1.29, 1.82) is 0 Å². The number of ether oxygens (including phenoxy) is 1. The number of hydrogen-bond acceptors (Lipinski definition) is 6. The van der Waals surface area contributed by atoms with Crippen molar-refractivity contribution in [2.45, 2.75) is 42.1 Å². The molecule has 1 heterocycles. The summed E-state index contributed by atoms with van der Waals surface area (Å²) < 4.78 is 59.6. The van der Waals surface area contributed by atoms with Crippen molar-refractivity contribution >= 4 is 26.0 Å². The Kier molecular flexibility index (Phi) is 9.39. The third-order valence-electron chi connectivity index (χ3n) is 6.52. The van der Waals surface area contributed by atoms with Gasteiger partial charge in [-0.05, 0) is 60.4 Å². The molecular formula is C28H33N3O6S2. The number of amides is 1. The van der Waals surface area contributed by atoms with E-state index in [0.29, 0.717) is 18.8 Å². The Hall–Kier alpha value is -3.25. The molecule has 39 heavy (non-hydrogen) atoms. The number of carbonyl (C=O) groups is 1. The van der Waals surface area contributed by atoms with E-state index in [0.717, 1.165) is 30.4 Å². The highest BCUT2D eigenvalue weighted by molar-refractivity contribution is 7.89. The van der Waals surface area contributed by atoms with Crippen molar-refractivity contribution in [3.63, 3.8) is 0 Å². The minimum absolute atomic E-state index is 0.128. The highest BCUT2D eigenvalue weighted by Crippen LogP contribution is 2.22. The lowest BCUT2D eigenvalue weighted by atomic mass is 10.2. The van der Waals surface area contributed by atoms with E-state index in [1.807, 2.05) is 30.3 Å². The van der Waals surface area contributed by atoms with Crippen molar-refractivity contribution in [2.24, 2.45) is 0 Å². The average molecular weight is 572 g/mol. The van der Waals surface area contributed by atoms with Crippen LogP contribution in [0, 0.1) is 0 Å². The van der Waals surface area contributed by atoms with Gasteiger partial charge in [-0.1, -0.05) is 48.9 Å². The maximum Gasteiger partial charge on any atom is 0.258 e. The number of nitrogens with zero attached hydrogens (tertiary/aromatic N) is 2. The van der Waals surface area contributed by atoms with Crippen LogP contribution in [-0.4, -0.2) is 58.1 Å². The minimum atomic E-state index is -3.69. The Morgan fingerprint density at radius 1 is 0.821 bits per heavy atom. The van der Waals surface area contributed by atoms with Crippen LogP contribution in [0.4, 0.5) is 0 Å². The third kappa shape index (κ3) is 7.45. The number of hydrogen-bond donors (Lipinski definition) is 1. The smallest absolute Gasteiger partial charge is 0.258 e. The first-order chi connectivity index (χ1) is 18.7. The van der Waals surface area contributed by atoms with Crippen molar-refractivity contribution in [1.82, 2.24) is 13.9 Å². The number of carbonyl (C=O) groups excluding carboxylic acids is 1. The molecule has 1 amide bonds. The Balaban J connectivity index is 1.25. The largest absolute Gasteiger partial charge is 0.484 e. The summed E-state index contributed by atoms with van der Waals surface area (Å²) in [6.07, 6.45) is 2.80. The molecule has 0 aromatic heterocycles. The van der Waals surface area contributed by atoms with Crippen LogP contribution >= 0.6 is 0 Å². The molecule has 1 fully saturated rings. The normalized spacial score (nSPS) is 14.7. The monoisotopic (exact) mass is 571 g/mol. The van der Waals surface area contributed by atoms with Gasteiger partial charge in [0.2, 0.25) is 20.0 Å². The maximum absolute atomic E-state index is 12.9. The van der Waals surface area contributed by atoms with Gasteiger partial charge in [0, 0.05) is 33.2 Å². The topological polar surface area (TPSA) is 113 Å². The zero-order valence-corrected chi connectivity index (χ0v) is 23.5. The number of sulfonamides is 2. The fraction of sp³-hybridized carbons (Fsp3) is 0.321. The molecule has 1 aliphatic heterocycles. The molecule has 3 aromatic carbocycles. The SMILES string of the molecule is CN(Cc1ccccc1)S(=O)(=O)c1ccc(OCC(=O)NCc2ccc(S(=O)(=O)N3CCCCC3)cc2)cc1. The van der Waals surface area contributed by atoms with E-state index in [2.05, 4.69) is 5.32 Å². The molecule has 0 spiro atoms. The molecule has 4 rings (SSSR count). The number of piperidine rings is 1. The maximum atomic E-state index is 12.9. The Labute approximate surface area is 230 Å². The Morgan fingerprint density at radius 3 is 2.08 bits per heavy atom. The van der Waals surface area contributed by atoms with Gasteiger partial charge in [0.15, 0.2) is 6.61 Å². The van der Waals surface area contributed by atoms with Gasteiger partial charge in [-0.15, -0.1) is 0 Å². The highest BCUT2D eigenvalue weighted by Gasteiger charge is 2.25. The summed E-state index contributed by atoms with van der Waals surface area (Å²) in [6.45, 7) is 1.31. The molecule has 0 unspecified atom stereocenters. The van der Waals surface area contributed by atoms with Crippen LogP contribution in [-0.2, 0) is 37.9 Å². The zero-order valence-electron chi connectivity index (χ0n) is 21.8. The van der Waals surface area contributed by atoms with Crippen LogP contribution < -0.4 is 10.1 Å². The van der Waals surface area contributed by atoms with Crippen LogP contribution in [0.15, 0.2) is 88.7 Å². The molecule has 0 atom stereocenters. The van der Waals surface area contributed by atoms with E-state index in [1.54, 1.807) is 24.3 Å². The standard InChI is InChI=1S/C28H33N3O6S2/c1-30(21-24-8-4-2-5-9-24)38(33,34)26-16-12-25(13-17-26)37-22-28(32)29-20-23-10-14-27(15-11-23)39(35,36)31-18-6-3-7-19-31/h2,4-5,8-17H,3,6-7,18-22H2,1H3,(H,29,32). The Bertz CT molecular complexity index is 1450. The van der Waals surface area contributed by atoms with E-state index in [-0.39, 0.29) is 35.4 Å². The predicted molar refractivity (Wildman–Crippen MR) is 148 cm³/mol. The van der Waals surface area contributed by atoms with Crippen LogP contribution in [0.3, 0.4) is 0 Å². The third-order valence-corrected chi connectivity index (χ3v) is 10.2. The van der Waals surface area contributed by atoms with Gasteiger partial charge >= 0.3 is 0 Å². The molecule has 0 saturated carbocycles. The van der Waals surface area contributed by atoms with E-state index >= 15 is 0 Å². The van der Waals surface area contributed by atoms with Crippen molar-refractivity contribution in [3.8, 4) is 5.75 Å². The lowest BCUT2D eigenvalue weighted by molar-refractivity contribution is -0.123. The van der Waals surface area contributed by atoms with Crippen LogP contribution in [0.1, 0.15) is 30.4 Å². The molecule has 3 aromatic rings. The predicted octanol–water partition coefficient (Wildman–Crippen LogP) is 3.38. The summed E-state index contributed by atoms with van der Waals surface area (Å²) in [6, 6.07) is 21.7. The lowest BCUT2D eigenvalue weighted by Gasteiger charge is -2.25. The number of rotatable bonds is 11. The van der Waals surface area contributed by atoms with Crippen LogP contribution in [0.5, 0.6) is 5.75 Å². The summed E-state index contributed by atoms with van der Waals surface area (Å²) in [5, 5.41) is 2.74. The minimum Gasteiger partial charge on any atom is -0.484 e. The molecule has 11 heteroatoms. The van der Waals surface area contributed by atoms with Gasteiger partial charge in [-0.3, -0.25) is 4.79 Å². The number of nitrogens with one attached hydrogen (secondary N) is 1. The summed E-state index contributed by atoms with van der Waals surface area (Å²) in [7, 11) is -5.65. The summed E-state index contributed by atoms with van der Waals surface area (Å²) in [4.78, 5) is 12.6. The molecule has 1 N–H and O–H groups in total. The van der Waals surface area contributed by atoms with Crippen LogP contribution in [0.2, 0.25) is 0 Å². The molecular weight excluding hydrogens is 538 g/mol. The van der Waals surface area contributed by atoms with Gasteiger partial charge in [-0.2, -0.15) is 8.61 Å². The quantitative estimate of drug-likeness (QED) is 0.378. The van der Waals surface area contributed by atoms with Crippen molar-refractivity contribution in [3.05, 3.63) is 90.0 Å². The molecule has 1 saturated heterocycles. The van der Waals surface area contributed by atoms with Crippen molar-refractivity contribution in [2.75, 3.05) is 26.7 Å². The van der Waals surface area contributed by atoms with E-state index < -0.39 is 20.0 Å². The van der Waals surface area contributed by atoms with E-state index in [1.165, 1.54) is 39.9 Å². The average Bonchev–Trinajstić information content (AvgIpc) is 2.96. The van der Waals surface area contributed by atoms with Gasteiger partial charge < -0.3 is 10.1 Å². The fourth-order valence-corrected chi connectivity index (χ4v) is 6.92. The lowest BCUT2D eigenvalue weighted by Crippen LogP contribution is -2.35. The van der Waals surface area contributed by atoms with Gasteiger partial charge in [0.1, 0.15) is 5.75 Å². The van der Waals surface area contributed by atoms with Crippen molar-refractivity contribution < 1.29 is 26.4 Å². The molecule has 0 radical (unpaired) electrons. The van der Waals surface area contributed by atoms with Gasteiger partial charge in [-0.25, -0.2) is 16.8 Å². The first-order valence-electron chi connectivity index (χ1n) is 12.8. The van der Waals surface area contributed by atoms with E-state index in [9.17, 15) is 21.6 Å². The van der Waals surface area contributed by atoms with E-state index in [4.69, 9.17) is 4.74 Å². The molecule has 0 aliphatic carbocycles. The highest BCUT2D eigenvalue weighted by atomic mass is 32.2. The second kappa shape index (κ2) is 12.7. The summed E-state index contributed by atoms with van der Waals surface area (Å²) in [5.41, 5.74) is 1.64. The second-order valence-corrected chi connectivity index (χ2v) is 13.4. The summed E-state index contributed by atoms with van der Waals surface area (Å²) in [5.74, 6) is 0.00129. The van der Waals surface area contributed by atoms with Crippen LogP contribution in [0.25, 0.3) is 0 Å². The fourth-order valence-electron chi connectivity index (χ4n) is 4.25. The zero-order chi connectivity index (χ0) is 27.9. The molecule has 1 aliphatic rings. The number of benzene rings is 3. The van der Waals surface area contributed by atoms with Gasteiger partial charge in [0.25, 0.3) is 5.91 Å². The second-order valence-electron chi connectivity index (χ2n) is 9.39. The molecule has 208 valence electrons. The summed E-state index contributed by atoms with van der Waals surface area (Å²) >= 11 is 0. The first kappa shape index (κ1) is 28.8. The molecule has 9 nitrogen and oxygen atoms in total. The molecule has 0 bridgehead atoms. The first-order valence-corrected chi connectivity index (χ1v) is 15.6. The van der Waals surface area contributed by atoms with Gasteiger partial charge in [0.05, 0.1) is 9.79 Å².